The second kappa shape index (κ2) is 9.76. The first-order valence-corrected chi connectivity index (χ1v) is 12.6. The van der Waals surface area contributed by atoms with E-state index in [1.807, 2.05) is 60.7 Å². The number of carbonyl (C=O) groups is 1. The van der Waals surface area contributed by atoms with Crippen LogP contribution in [0.25, 0.3) is 22.2 Å². The first kappa shape index (κ1) is 22.8. The molecule has 2 aliphatic heterocycles. The van der Waals surface area contributed by atoms with Crippen LogP contribution >= 0.6 is 0 Å². The second-order valence-corrected chi connectivity index (χ2v) is 9.67. The lowest BCUT2D eigenvalue weighted by Gasteiger charge is -2.29. The minimum absolute atomic E-state index is 0.165. The predicted octanol–water partition coefficient (Wildman–Crippen LogP) is 4.96. The van der Waals surface area contributed by atoms with E-state index in [4.69, 9.17) is 9.47 Å². The van der Waals surface area contributed by atoms with Gasteiger partial charge in [0.05, 0.1) is 17.8 Å². The van der Waals surface area contributed by atoms with Crippen LogP contribution in [0.2, 0.25) is 0 Å². The van der Waals surface area contributed by atoms with Crippen LogP contribution in [-0.4, -0.2) is 53.9 Å². The smallest absolute Gasteiger partial charge is 0.258 e. The SMILES string of the molecule is CN1CCC(Oc2ccc(-c3n[nH]c4ccc(NC(=O)C5OCCc6ccccc65)cc34)cc2)CC1. The minimum atomic E-state index is -0.605. The number of benzene rings is 3. The topological polar surface area (TPSA) is 79.5 Å². The zero-order valence-electron chi connectivity index (χ0n) is 20.4. The summed E-state index contributed by atoms with van der Waals surface area (Å²) in [5.41, 5.74) is 5.56. The number of anilines is 1. The molecule has 0 saturated carbocycles. The monoisotopic (exact) mass is 482 g/mol. The first-order valence-electron chi connectivity index (χ1n) is 12.6. The number of carbonyl (C=O) groups excluding carboxylic acids is 1. The van der Waals surface area contributed by atoms with Crippen molar-refractivity contribution in [3.8, 4) is 17.0 Å². The molecule has 4 aromatic rings. The zero-order valence-corrected chi connectivity index (χ0v) is 20.4. The molecule has 7 heteroatoms. The van der Waals surface area contributed by atoms with E-state index in [9.17, 15) is 4.79 Å². The summed E-state index contributed by atoms with van der Waals surface area (Å²) < 4.78 is 12.0. The molecule has 1 unspecified atom stereocenters. The lowest BCUT2D eigenvalue weighted by molar-refractivity contribution is -0.128. The van der Waals surface area contributed by atoms with E-state index >= 15 is 0 Å². The first-order chi connectivity index (χ1) is 17.6. The maximum Gasteiger partial charge on any atom is 0.258 e. The van der Waals surface area contributed by atoms with Crippen molar-refractivity contribution in [3.63, 3.8) is 0 Å². The van der Waals surface area contributed by atoms with Crippen molar-refractivity contribution in [3.05, 3.63) is 77.9 Å². The number of H-pyrrole nitrogens is 1. The van der Waals surface area contributed by atoms with Gasteiger partial charge < -0.3 is 19.7 Å². The Hall–Kier alpha value is -3.68. The van der Waals surface area contributed by atoms with Gasteiger partial charge in [-0.1, -0.05) is 24.3 Å². The van der Waals surface area contributed by atoms with Gasteiger partial charge >= 0.3 is 0 Å². The summed E-state index contributed by atoms with van der Waals surface area (Å²) in [5, 5.41) is 11.6. The molecule has 36 heavy (non-hydrogen) atoms. The molecule has 7 nitrogen and oxygen atoms in total. The van der Waals surface area contributed by atoms with Gasteiger partial charge in [0.2, 0.25) is 0 Å². The minimum Gasteiger partial charge on any atom is -0.490 e. The van der Waals surface area contributed by atoms with Crippen molar-refractivity contribution in [2.24, 2.45) is 0 Å². The number of amides is 1. The number of hydrogen-bond donors (Lipinski definition) is 2. The molecular formula is C29H30N4O3. The van der Waals surface area contributed by atoms with Gasteiger partial charge in [-0.25, -0.2) is 0 Å². The van der Waals surface area contributed by atoms with Crippen LogP contribution in [0.4, 0.5) is 5.69 Å². The lowest BCUT2D eigenvalue weighted by atomic mass is 9.97. The molecule has 1 amide bonds. The Morgan fingerprint density at radius 3 is 2.72 bits per heavy atom. The molecule has 1 aromatic heterocycles. The largest absolute Gasteiger partial charge is 0.490 e. The van der Waals surface area contributed by atoms with Crippen molar-refractivity contribution in [2.45, 2.75) is 31.5 Å². The number of nitrogens with zero attached hydrogens (tertiary/aromatic N) is 2. The summed E-state index contributed by atoms with van der Waals surface area (Å²) in [5.74, 6) is 0.718. The van der Waals surface area contributed by atoms with Crippen molar-refractivity contribution in [2.75, 3.05) is 32.1 Å². The molecule has 1 atom stereocenters. The van der Waals surface area contributed by atoms with Gasteiger partial charge in [-0.3, -0.25) is 9.89 Å². The van der Waals surface area contributed by atoms with E-state index in [-0.39, 0.29) is 12.0 Å². The maximum absolute atomic E-state index is 13.1. The van der Waals surface area contributed by atoms with Crippen LogP contribution in [0.15, 0.2) is 66.7 Å². The summed E-state index contributed by atoms with van der Waals surface area (Å²) in [6, 6.07) is 21.9. The number of ether oxygens (including phenoxy) is 2. The van der Waals surface area contributed by atoms with Crippen LogP contribution < -0.4 is 10.1 Å². The van der Waals surface area contributed by atoms with Crippen molar-refractivity contribution in [1.29, 1.82) is 0 Å². The molecular weight excluding hydrogens is 452 g/mol. The molecule has 3 aromatic carbocycles. The van der Waals surface area contributed by atoms with Gasteiger partial charge in [0, 0.05) is 29.7 Å². The highest BCUT2D eigenvalue weighted by atomic mass is 16.5. The maximum atomic E-state index is 13.1. The number of rotatable bonds is 5. The Morgan fingerprint density at radius 2 is 1.89 bits per heavy atom. The summed E-state index contributed by atoms with van der Waals surface area (Å²) in [4.78, 5) is 15.4. The van der Waals surface area contributed by atoms with Gasteiger partial charge in [-0.2, -0.15) is 5.10 Å². The number of aromatic amines is 1. The lowest BCUT2D eigenvalue weighted by Crippen LogP contribution is -2.35. The molecule has 2 N–H and O–H groups in total. The molecule has 0 bridgehead atoms. The van der Waals surface area contributed by atoms with E-state index in [1.165, 1.54) is 5.56 Å². The van der Waals surface area contributed by atoms with Crippen LogP contribution in [-0.2, 0) is 16.0 Å². The molecule has 0 radical (unpaired) electrons. The molecule has 3 heterocycles. The quantitative estimate of drug-likeness (QED) is 0.421. The van der Waals surface area contributed by atoms with Gasteiger partial charge in [-0.15, -0.1) is 0 Å². The number of fused-ring (bicyclic) bond motifs is 2. The Bertz CT molecular complexity index is 1370. The Labute approximate surface area is 210 Å². The van der Waals surface area contributed by atoms with E-state index in [1.54, 1.807) is 0 Å². The average Bonchev–Trinajstić information content (AvgIpc) is 3.33. The van der Waals surface area contributed by atoms with Crippen LogP contribution in [0, 0.1) is 0 Å². The third-order valence-electron chi connectivity index (χ3n) is 7.16. The predicted molar refractivity (Wildman–Crippen MR) is 140 cm³/mol. The third-order valence-corrected chi connectivity index (χ3v) is 7.16. The number of nitrogens with one attached hydrogen (secondary N) is 2. The number of piperidine rings is 1. The molecule has 2 aliphatic rings. The fourth-order valence-corrected chi connectivity index (χ4v) is 5.12. The van der Waals surface area contributed by atoms with Crippen LogP contribution in [0.1, 0.15) is 30.1 Å². The number of aromatic nitrogens is 2. The summed E-state index contributed by atoms with van der Waals surface area (Å²) >= 11 is 0. The van der Waals surface area contributed by atoms with E-state index < -0.39 is 6.10 Å². The average molecular weight is 483 g/mol. The van der Waals surface area contributed by atoms with E-state index in [2.05, 4.69) is 33.5 Å². The molecule has 0 spiro atoms. The third kappa shape index (κ3) is 4.59. The van der Waals surface area contributed by atoms with Crippen molar-refractivity contribution in [1.82, 2.24) is 15.1 Å². The van der Waals surface area contributed by atoms with E-state index in [0.717, 1.165) is 65.8 Å². The summed E-state index contributed by atoms with van der Waals surface area (Å²) in [6.07, 6.45) is 2.59. The van der Waals surface area contributed by atoms with Gasteiger partial charge in [0.1, 0.15) is 11.9 Å². The molecule has 184 valence electrons. The van der Waals surface area contributed by atoms with Crippen molar-refractivity contribution >= 4 is 22.5 Å². The Balaban J connectivity index is 1.19. The normalized spacial score (nSPS) is 18.6. The Morgan fingerprint density at radius 1 is 1.08 bits per heavy atom. The fourth-order valence-electron chi connectivity index (χ4n) is 5.12. The fraction of sp³-hybridized carbons (Fsp3) is 0.310. The summed E-state index contributed by atoms with van der Waals surface area (Å²) in [7, 11) is 2.15. The number of likely N-dealkylation sites (tertiary alicyclic amines) is 1. The zero-order chi connectivity index (χ0) is 24.5. The second-order valence-electron chi connectivity index (χ2n) is 9.67. The molecule has 6 rings (SSSR count). The highest BCUT2D eigenvalue weighted by molar-refractivity contribution is 6.00. The molecule has 0 aliphatic carbocycles. The van der Waals surface area contributed by atoms with E-state index in [0.29, 0.717) is 12.3 Å². The highest BCUT2D eigenvalue weighted by Gasteiger charge is 2.27. The highest BCUT2D eigenvalue weighted by Crippen LogP contribution is 2.32. The van der Waals surface area contributed by atoms with Crippen LogP contribution in [0.5, 0.6) is 5.75 Å². The van der Waals surface area contributed by atoms with Gasteiger partial charge in [0.25, 0.3) is 5.91 Å². The molecule has 1 saturated heterocycles. The standard InChI is InChI=1S/C29H30N4O3/c1-33-15-12-23(13-16-33)36-22-9-6-20(7-10-22)27-25-18-21(8-11-26(25)31-32-27)30-29(34)28-24-5-3-2-4-19(24)14-17-35-28/h2-11,18,23,28H,12-17H2,1H3,(H,30,34)(H,31,32). The molecule has 1 fully saturated rings. The number of hydrogen-bond acceptors (Lipinski definition) is 5. The van der Waals surface area contributed by atoms with Gasteiger partial charge in [0.15, 0.2) is 6.10 Å². The Kier molecular flexibility index (Phi) is 6.17. The van der Waals surface area contributed by atoms with Gasteiger partial charge in [-0.05, 0) is 79.9 Å². The summed E-state index contributed by atoms with van der Waals surface area (Å²) in [6.45, 7) is 2.68. The van der Waals surface area contributed by atoms with Crippen molar-refractivity contribution < 1.29 is 14.3 Å². The van der Waals surface area contributed by atoms with Crippen LogP contribution in [0.3, 0.4) is 0 Å².